The molecule has 1 N–H and O–H groups in total. The second-order valence-electron chi connectivity index (χ2n) is 5.88. The summed E-state index contributed by atoms with van der Waals surface area (Å²) in [5.41, 5.74) is 0.804. The molecular weight excluding hydrogens is 369 g/mol. The number of hydrogen-bond acceptors (Lipinski definition) is 2. The van der Waals surface area contributed by atoms with E-state index < -0.39 is 0 Å². The van der Waals surface area contributed by atoms with Crippen LogP contribution in [0, 0.1) is 0 Å². The van der Waals surface area contributed by atoms with Gasteiger partial charge in [0.25, 0.3) is 0 Å². The molecule has 0 saturated heterocycles. The highest BCUT2D eigenvalue weighted by atomic mass is 35.5. The van der Waals surface area contributed by atoms with Crippen LogP contribution in [0.5, 0.6) is 5.75 Å². The predicted octanol–water partition coefficient (Wildman–Crippen LogP) is 5.27. The summed E-state index contributed by atoms with van der Waals surface area (Å²) in [4.78, 5) is 12.0. The SMILES string of the molecule is O=C(CCc1c(Cl)cccc1Cl)NCCOc1cccc2ccccc12. The number of rotatable bonds is 7. The molecule has 1 amide bonds. The number of ether oxygens (including phenoxy) is 1. The summed E-state index contributed by atoms with van der Waals surface area (Å²) >= 11 is 12.2. The van der Waals surface area contributed by atoms with Crippen LogP contribution < -0.4 is 10.1 Å². The third-order valence-electron chi connectivity index (χ3n) is 4.10. The first kappa shape index (κ1) is 18.6. The van der Waals surface area contributed by atoms with Crippen molar-refractivity contribution >= 4 is 39.9 Å². The summed E-state index contributed by atoms with van der Waals surface area (Å²) in [6.07, 6.45) is 0.840. The van der Waals surface area contributed by atoms with Gasteiger partial charge in [0, 0.05) is 21.9 Å². The van der Waals surface area contributed by atoms with Crippen LogP contribution >= 0.6 is 23.2 Å². The Morgan fingerprint density at radius 3 is 2.42 bits per heavy atom. The lowest BCUT2D eigenvalue weighted by Crippen LogP contribution is -2.28. The summed E-state index contributed by atoms with van der Waals surface area (Å²) in [6, 6.07) is 19.3. The molecule has 0 aliphatic rings. The Bertz CT molecular complexity index is 886. The average Bonchev–Trinajstić information content (AvgIpc) is 2.65. The lowest BCUT2D eigenvalue weighted by molar-refractivity contribution is -0.121. The highest BCUT2D eigenvalue weighted by Gasteiger charge is 2.08. The molecule has 26 heavy (non-hydrogen) atoms. The van der Waals surface area contributed by atoms with E-state index in [1.165, 1.54) is 0 Å². The van der Waals surface area contributed by atoms with Crippen molar-refractivity contribution in [1.82, 2.24) is 5.32 Å². The average molecular weight is 388 g/mol. The largest absolute Gasteiger partial charge is 0.491 e. The second-order valence-corrected chi connectivity index (χ2v) is 6.69. The van der Waals surface area contributed by atoms with Crippen molar-refractivity contribution < 1.29 is 9.53 Å². The van der Waals surface area contributed by atoms with Gasteiger partial charge in [-0.1, -0.05) is 65.7 Å². The molecule has 0 spiro atoms. The molecule has 3 rings (SSSR count). The van der Waals surface area contributed by atoms with E-state index in [0.29, 0.717) is 36.0 Å². The standard InChI is InChI=1S/C21H19Cl2NO2/c22-18-8-4-9-19(23)17(18)11-12-21(25)24-13-14-26-20-10-3-6-15-5-1-2-7-16(15)20/h1-10H,11-14H2,(H,24,25). The molecule has 0 bridgehead atoms. The molecule has 0 fully saturated rings. The van der Waals surface area contributed by atoms with Crippen LogP contribution in [0.1, 0.15) is 12.0 Å². The summed E-state index contributed by atoms with van der Waals surface area (Å²) in [5.74, 6) is 0.766. The number of benzene rings is 3. The van der Waals surface area contributed by atoms with E-state index in [4.69, 9.17) is 27.9 Å². The summed E-state index contributed by atoms with van der Waals surface area (Å²) in [5, 5.41) is 6.23. The predicted molar refractivity (Wildman–Crippen MR) is 107 cm³/mol. The fraction of sp³-hybridized carbons (Fsp3) is 0.190. The van der Waals surface area contributed by atoms with Gasteiger partial charge in [-0.05, 0) is 35.6 Å². The van der Waals surface area contributed by atoms with Gasteiger partial charge in [-0.2, -0.15) is 0 Å². The van der Waals surface area contributed by atoms with Gasteiger partial charge in [-0.15, -0.1) is 0 Å². The van der Waals surface area contributed by atoms with Crippen molar-refractivity contribution in [3.63, 3.8) is 0 Å². The van der Waals surface area contributed by atoms with Gasteiger partial charge >= 0.3 is 0 Å². The molecule has 3 aromatic carbocycles. The minimum Gasteiger partial charge on any atom is -0.491 e. The first-order valence-corrected chi connectivity index (χ1v) is 9.21. The van der Waals surface area contributed by atoms with Crippen LogP contribution in [0.3, 0.4) is 0 Å². The molecule has 0 radical (unpaired) electrons. The number of carbonyl (C=O) groups excluding carboxylic acids is 1. The van der Waals surface area contributed by atoms with E-state index >= 15 is 0 Å². The zero-order valence-corrected chi connectivity index (χ0v) is 15.7. The molecule has 0 aromatic heterocycles. The van der Waals surface area contributed by atoms with E-state index in [1.54, 1.807) is 18.2 Å². The Morgan fingerprint density at radius 2 is 1.62 bits per heavy atom. The van der Waals surface area contributed by atoms with Gasteiger partial charge < -0.3 is 10.1 Å². The van der Waals surface area contributed by atoms with Gasteiger partial charge in [0.1, 0.15) is 12.4 Å². The number of fused-ring (bicyclic) bond motifs is 1. The van der Waals surface area contributed by atoms with E-state index in [9.17, 15) is 4.79 Å². The lowest BCUT2D eigenvalue weighted by atomic mass is 10.1. The van der Waals surface area contributed by atoms with Gasteiger partial charge in [0.05, 0.1) is 6.54 Å². The molecule has 5 heteroatoms. The summed E-state index contributed by atoms with van der Waals surface area (Å²) < 4.78 is 5.81. The third-order valence-corrected chi connectivity index (χ3v) is 4.80. The van der Waals surface area contributed by atoms with Crippen molar-refractivity contribution in [3.05, 3.63) is 76.3 Å². The zero-order valence-electron chi connectivity index (χ0n) is 14.2. The van der Waals surface area contributed by atoms with Gasteiger partial charge in [-0.25, -0.2) is 0 Å². The van der Waals surface area contributed by atoms with Crippen molar-refractivity contribution in [3.8, 4) is 5.75 Å². The zero-order chi connectivity index (χ0) is 18.4. The number of halogens is 2. The van der Waals surface area contributed by atoms with Gasteiger partial charge in [-0.3, -0.25) is 4.79 Å². The molecule has 0 aliphatic carbocycles. The Hall–Kier alpha value is -2.23. The summed E-state index contributed by atoms with van der Waals surface area (Å²) in [7, 11) is 0. The third kappa shape index (κ3) is 4.69. The van der Waals surface area contributed by atoms with Crippen LogP contribution in [0.2, 0.25) is 10.0 Å². The Balaban J connectivity index is 1.45. The van der Waals surface area contributed by atoms with Crippen molar-refractivity contribution in [2.45, 2.75) is 12.8 Å². The van der Waals surface area contributed by atoms with Crippen LogP contribution in [0.4, 0.5) is 0 Å². The van der Waals surface area contributed by atoms with E-state index in [1.807, 2.05) is 42.5 Å². The van der Waals surface area contributed by atoms with Crippen LogP contribution in [-0.2, 0) is 11.2 Å². The first-order chi connectivity index (χ1) is 12.6. The molecule has 0 atom stereocenters. The number of carbonyl (C=O) groups is 1. The Morgan fingerprint density at radius 1 is 0.923 bits per heavy atom. The number of nitrogens with one attached hydrogen (secondary N) is 1. The molecule has 0 saturated carbocycles. The maximum Gasteiger partial charge on any atom is 0.220 e. The molecule has 3 aromatic rings. The Kier molecular flexibility index (Phi) is 6.37. The van der Waals surface area contributed by atoms with E-state index in [2.05, 4.69) is 5.32 Å². The highest BCUT2D eigenvalue weighted by Crippen LogP contribution is 2.26. The fourth-order valence-corrected chi connectivity index (χ4v) is 3.36. The van der Waals surface area contributed by atoms with Crippen LogP contribution in [0.15, 0.2) is 60.7 Å². The number of hydrogen-bond donors (Lipinski definition) is 1. The van der Waals surface area contributed by atoms with Crippen molar-refractivity contribution in [2.75, 3.05) is 13.2 Å². The smallest absolute Gasteiger partial charge is 0.220 e. The van der Waals surface area contributed by atoms with Crippen LogP contribution in [0.25, 0.3) is 10.8 Å². The van der Waals surface area contributed by atoms with Gasteiger partial charge in [0.2, 0.25) is 5.91 Å². The quantitative estimate of drug-likeness (QED) is 0.560. The van der Waals surface area contributed by atoms with Crippen LogP contribution in [-0.4, -0.2) is 19.1 Å². The topological polar surface area (TPSA) is 38.3 Å². The maximum atomic E-state index is 12.0. The van der Waals surface area contributed by atoms with Gasteiger partial charge in [0.15, 0.2) is 0 Å². The minimum absolute atomic E-state index is 0.0532. The maximum absolute atomic E-state index is 12.0. The molecule has 3 nitrogen and oxygen atoms in total. The molecule has 0 heterocycles. The summed E-state index contributed by atoms with van der Waals surface area (Å²) in [6.45, 7) is 0.852. The van der Waals surface area contributed by atoms with E-state index in [-0.39, 0.29) is 5.91 Å². The van der Waals surface area contributed by atoms with E-state index in [0.717, 1.165) is 22.1 Å². The van der Waals surface area contributed by atoms with Crippen molar-refractivity contribution in [2.24, 2.45) is 0 Å². The second kappa shape index (κ2) is 8.93. The monoisotopic (exact) mass is 387 g/mol. The normalized spacial score (nSPS) is 10.7. The Labute approximate surface area is 162 Å². The molecule has 134 valence electrons. The molecule has 0 aliphatic heterocycles. The number of amides is 1. The lowest BCUT2D eigenvalue weighted by Gasteiger charge is -2.11. The van der Waals surface area contributed by atoms with Crippen molar-refractivity contribution in [1.29, 1.82) is 0 Å². The highest BCUT2D eigenvalue weighted by molar-refractivity contribution is 6.36. The molecule has 0 unspecified atom stereocenters. The minimum atomic E-state index is -0.0532. The fourth-order valence-electron chi connectivity index (χ4n) is 2.77. The first-order valence-electron chi connectivity index (χ1n) is 8.45. The molecular formula is C21H19Cl2NO2.